The van der Waals surface area contributed by atoms with E-state index in [9.17, 15) is 9.90 Å². The first-order valence-electron chi connectivity index (χ1n) is 6.86. The fourth-order valence-electron chi connectivity index (χ4n) is 2.06. The standard InChI is InChI=1S/C13H20N4O4/c1-9(18)11(12(19)20)14-6-10-7-15-13(16-8-10)17-2-4-21-5-3-17/h7-9,11,14,18H,2-6H2,1H3,(H,19,20)/t9-,11+/m0/s1. The third-order valence-corrected chi connectivity index (χ3v) is 3.26. The molecule has 0 aliphatic carbocycles. The van der Waals surface area contributed by atoms with Gasteiger partial charge >= 0.3 is 5.97 Å². The van der Waals surface area contributed by atoms with Gasteiger partial charge in [0.1, 0.15) is 6.04 Å². The molecule has 0 aromatic carbocycles. The molecule has 0 radical (unpaired) electrons. The number of rotatable bonds is 6. The summed E-state index contributed by atoms with van der Waals surface area (Å²) in [6.07, 6.45) is 2.34. The largest absolute Gasteiger partial charge is 0.480 e. The molecule has 1 fully saturated rings. The average molecular weight is 296 g/mol. The zero-order chi connectivity index (χ0) is 15.2. The number of aromatic nitrogens is 2. The maximum absolute atomic E-state index is 11.0. The molecule has 2 atom stereocenters. The summed E-state index contributed by atoms with van der Waals surface area (Å²) in [6, 6.07) is -1.01. The quantitative estimate of drug-likeness (QED) is 0.628. The Morgan fingerprint density at radius 3 is 2.57 bits per heavy atom. The van der Waals surface area contributed by atoms with Gasteiger partial charge in [-0.25, -0.2) is 9.97 Å². The second kappa shape index (κ2) is 7.30. The van der Waals surface area contributed by atoms with E-state index < -0.39 is 18.1 Å². The van der Waals surface area contributed by atoms with Gasteiger partial charge in [-0.15, -0.1) is 0 Å². The van der Waals surface area contributed by atoms with Gasteiger partial charge in [-0.1, -0.05) is 0 Å². The number of aliphatic carboxylic acids is 1. The molecule has 0 saturated carbocycles. The zero-order valence-electron chi connectivity index (χ0n) is 11.9. The van der Waals surface area contributed by atoms with E-state index in [-0.39, 0.29) is 6.54 Å². The van der Waals surface area contributed by atoms with Gasteiger partial charge in [0.05, 0.1) is 19.3 Å². The van der Waals surface area contributed by atoms with Gasteiger partial charge in [-0.3, -0.25) is 10.1 Å². The van der Waals surface area contributed by atoms with Crippen LogP contribution in [-0.2, 0) is 16.1 Å². The van der Waals surface area contributed by atoms with Crippen LogP contribution in [0.4, 0.5) is 5.95 Å². The number of aliphatic hydroxyl groups excluding tert-OH is 1. The van der Waals surface area contributed by atoms with Crippen LogP contribution in [0.15, 0.2) is 12.4 Å². The summed E-state index contributed by atoms with van der Waals surface area (Å²) in [4.78, 5) is 21.5. The third-order valence-electron chi connectivity index (χ3n) is 3.26. The average Bonchev–Trinajstić information content (AvgIpc) is 2.48. The molecule has 1 aromatic heterocycles. The molecule has 0 amide bonds. The summed E-state index contributed by atoms with van der Waals surface area (Å²) in [5.74, 6) is -0.441. The maximum Gasteiger partial charge on any atom is 0.323 e. The van der Waals surface area contributed by atoms with Crippen molar-refractivity contribution in [1.82, 2.24) is 15.3 Å². The van der Waals surface area contributed by atoms with Crippen LogP contribution in [0.25, 0.3) is 0 Å². The minimum atomic E-state index is -1.09. The molecular formula is C13H20N4O4. The first-order valence-corrected chi connectivity index (χ1v) is 6.86. The van der Waals surface area contributed by atoms with Crippen molar-refractivity contribution in [3.05, 3.63) is 18.0 Å². The Labute approximate surface area is 122 Å². The van der Waals surface area contributed by atoms with E-state index >= 15 is 0 Å². The van der Waals surface area contributed by atoms with E-state index in [1.165, 1.54) is 6.92 Å². The lowest BCUT2D eigenvalue weighted by molar-refractivity contribution is -0.142. The number of nitrogens with zero attached hydrogens (tertiary/aromatic N) is 3. The highest BCUT2D eigenvalue weighted by molar-refractivity contribution is 5.74. The number of morpholine rings is 1. The van der Waals surface area contributed by atoms with E-state index in [1.807, 2.05) is 4.90 Å². The predicted molar refractivity (Wildman–Crippen MR) is 75.0 cm³/mol. The second-order valence-corrected chi connectivity index (χ2v) is 4.93. The van der Waals surface area contributed by atoms with Gasteiger partial charge in [0.2, 0.25) is 5.95 Å². The smallest absolute Gasteiger partial charge is 0.323 e. The number of ether oxygens (including phenoxy) is 1. The number of hydrogen-bond donors (Lipinski definition) is 3. The van der Waals surface area contributed by atoms with Crippen molar-refractivity contribution in [3.63, 3.8) is 0 Å². The van der Waals surface area contributed by atoms with Crippen molar-refractivity contribution in [1.29, 1.82) is 0 Å². The Kier molecular flexibility index (Phi) is 5.43. The van der Waals surface area contributed by atoms with Crippen LogP contribution in [0, 0.1) is 0 Å². The minimum absolute atomic E-state index is 0.283. The molecule has 0 spiro atoms. The number of anilines is 1. The van der Waals surface area contributed by atoms with Crippen molar-refractivity contribution in [2.24, 2.45) is 0 Å². The Hall–Kier alpha value is -1.77. The van der Waals surface area contributed by atoms with Gasteiger partial charge in [-0.05, 0) is 6.92 Å². The molecule has 8 nitrogen and oxygen atoms in total. The summed E-state index contributed by atoms with van der Waals surface area (Å²) >= 11 is 0. The number of nitrogens with one attached hydrogen (secondary N) is 1. The van der Waals surface area contributed by atoms with E-state index in [1.54, 1.807) is 12.4 Å². The number of carboxylic acid groups (broad SMARTS) is 1. The summed E-state index contributed by atoms with van der Waals surface area (Å²) in [5.41, 5.74) is 0.763. The maximum atomic E-state index is 11.0. The lowest BCUT2D eigenvalue weighted by atomic mass is 10.2. The molecule has 1 aliphatic heterocycles. The number of hydrogen-bond acceptors (Lipinski definition) is 7. The third kappa shape index (κ3) is 4.35. The monoisotopic (exact) mass is 296 g/mol. The van der Waals surface area contributed by atoms with Gasteiger partial charge in [-0.2, -0.15) is 0 Å². The number of carbonyl (C=O) groups is 1. The molecule has 1 saturated heterocycles. The summed E-state index contributed by atoms with van der Waals surface area (Å²) < 4.78 is 5.27. The van der Waals surface area contributed by atoms with Crippen LogP contribution in [0.3, 0.4) is 0 Å². The van der Waals surface area contributed by atoms with Gasteiger partial charge in [0.15, 0.2) is 0 Å². The number of aliphatic hydroxyl groups is 1. The molecule has 2 heterocycles. The summed E-state index contributed by atoms with van der Waals surface area (Å²) in [7, 11) is 0. The lowest BCUT2D eigenvalue weighted by Crippen LogP contribution is -2.44. The van der Waals surface area contributed by atoms with Crippen LogP contribution in [-0.4, -0.2) is 64.6 Å². The molecule has 0 bridgehead atoms. The SMILES string of the molecule is C[C@H](O)[C@@H](NCc1cnc(N2CCOCC2)nc1)C(=O)O. The number of carboxylic acids is 1. The Balaban J connectivity index is 1.91. The van der Waals surface area contributed by atoms with Crippen LogP contribution in [0.2, 0.25) is 0 Å². The normalized spacial score (nSPS) is 18.3. The minimum Gasteiger partial charge on any atom is -0.480 e. The Bertz CT molecular complexity index is 460. The molecule has 1 aromatic rings. The van der Waals surface area contributed by atoms with Gasteiger partial charge in [0, 0.05) is 37.6 Å². The van der Waals surface area contributed by atoms with Crippen molar-refractivity contribution >= 4 is 11.9 Å². The van der Waals surface area contributed by atoms with Gasteiger partial charge < -0.3 is 19.8 Å². The van der Waals surface area contributed by atoms with Crippen molar-refractivity contribution in [2.45, 2.75) is 25.6 Å². The molecule has 8 heteroatoms. The van der Waals surface area contributed by atoms with Crippen LogP contribution in [0.5, 0.6) is 0 Å². The molecular weight excluding hydrogens is 276 g/mol. The van der Waals surface area contributed by atoms with E-state index in [2.05, 4.69) is 15.3 Å². The topological polar surface area (TPSA) is 108 Å². The first-order chi connectivity index (χ1) is 10.1. The molecule has 0 unspecified atom stereocenters. The van der Waals surface area contributed by atoms with Gasteiger partial charge in [0.25, 0.3) is 0 Å². The van der Waals surface area contributed by atoms with Crippen LogP contribution < -0.4 is 10.2 Å². The fourth-order valence-corrected chi connectivity index (χ4v) is 2.06. The highest BCUT2D eigenvalue weighted by atomic mass is 16.5. The second-order valence-electron chi connectivity index (χ2n) is 4.93. The fraction of sp³-hybridized carbons (Fsp3) is 0.615. The van der Waals surface area contributed by atoms with Crippen molar-refractivity contribution in [3.8, 4) is 0 Å². The van der Waals surface area contributed by atoms with Crippen LogP contribution in [0.1, 0.15) is 12.5 Å². The van der Waals surface area contributed by atoms with E-state index in [0.717, 1.165) is 18.7 Å². The highest BCUT2D eigenvalue weighted by Crippen LogP contribution is 2.09. The molecule has 21 heavy (non-hydrogen) atoms. The summed E-state index contributed by atoms with van der Waals surface area (Å²) in [6.45, 7) is 4.58. The Morgan fingerprint density at radius 1 is 1.43 bits per heavy atom. The first kappa shape index (κ1) is 15.6. The molecule has 2 rings (SSSR count). The van der Waals surface area contributed by atoms with E-state index in [4.69, 9.17) is 9.84 Å². The molecule has 1 aliphatic rings. The van der Waals surface area contributed by atoms with Crippen LogP contribution >= 0.6 is 0 Å². The molecule has 3 N–H and O–H groups in total. The molecule has 116 valence electrons. The predicted octanol–water partition coefficient (Wildman–Crippen LogP) is -0.763. The van der Waals surface area contributed by atoms with E-state index in [0.29, 0.717) is 19.2 Å². The zero-order valence-corrected chi connectivity index (χ0v) is 11.9. The Morgan fingerprint density at radius 2 is 2.05 bits per heavy atom. The summed E-state index contributed by atoms with van der Waals surface area (Å²) in [5, 5.41) is 21.1. The highest BCUT2D eigenvalue weighted by Gasteiger charge is 2.22. The lowest BCUT2D eigenvalue weighted by Gasteiger charge is -2.26. The van der Waals surface area contributed by atoms with Crippen molar-refractivity contribution < 1.29 is 19.7 Å². The van der Waals surface area contributed by atoms with Crippen molar-refractivity contribution in [2.75, 3.05) is 31.2 Å².